The molecule has 0 heterocycles. The number of aliphatic imine (C=N–C) groups is 1. The lowest BCUT2D eigenvalue weighted by molar-refractivity contribution is 0.322. The standard InChI is InChI=1S/C22H31N3O3S/c1-16(2)19-7-9-20(10-8-19)28-13-12-24-22(23-4)25-15-18-6-11-21(17(3)14-18)29(5,26)27/h6-11,14,16H,12-13,15H2,1-5H3,(H2,23,24,25). The third-order valence-corrected chi connectivity index (χ3v) is 5.79. The molecule has 2 rings (SSSR count). The minimum Gasteiger partial charge on any atom is -0.492 e. The van der Waals surface area contributed by atoms with E-state index >= 15 is 0 Å². The molecule has 2 aromatic carbocycles. The van der Waals surface area contributed by atoms with E-state index in [-0.39, 0.29) is 0 Å². The summed E-state index contributed by atoms with van der Waals surface area (Å²) in [6.07, 6.45) is 1.22. The Bertz CT molecular complexity index is 936. The quantitative estimate of drug-likeness (QED) is 0.391. The van der Waals surface area contributed by atoms with Crippen molar-refractivity contribution in [1.82, 2.24) is 10.6 Å². The van der Waals surface area contributed by atoms with E-state index in [4.69, 9.17) is 4.74 Å². The molecule has 0 radical (unpaired) electrons. The molecule has 7 heteroatoms. The van der Waals surface area contributed by atoms with E-state index in [1.807, 2.05) is 24.3 Å². The van der Waals surface area contributed by atoms with E-state index in [9.17, 15) is 8.42 Å². The lowest BCUT2D eigenvalue weighted by atomic mass is 10.0. The highest BCUT2D eigenvalue weighted by Crippen LogP contribution is 2.18. The van der Waals surface area contributed by atoms with E-state index in [1.54, 1.807) is 20.0 Å². The molecule has 0 aromatic heterocycles. The fourth-order valence-electron chi connectivity index (χ4n) is 2.93. The van der Waals surface area contributed by atoms with Crippen LogP contribution >= 0.6 is 0 Å². The summed E-state index contributed by atoms with van der Waals surface area (Å²) in [5, 5.41) is 6.43. The molecule has 0 bridgehead atoms. The SMILES string of the molecule is CN=C(NCCOc1ccc(C(C)C)cc1)NCc1ccc(S(C)(=O)=O)c(C)c1. The number of benzene rings is 2. The first kappa shape index (κ1) is 22.7. The van der Waals surface area contributed by atoms with Gasteiger partial charge in [-0.25, -0.2) is 8.42 Å². The van der Waals surface area contributed by atoms with E-state index < -0.39 is 9.84 Å². The Morgan fingerprint density at radius 1 is 1.10 bits per heavy atom. The molecule has 0 aliphatic heterocycles. The minimum absolute atomic E-state index is 0.363. The molecular weight excluding hydrogens is 386 g/mol. The molecule has 0 atom stereocenters. The number of rotatable bonds is 8. The minimum atomic E-state index is -3.20. The predicted octanol–water partition coefficient (Wildman–Crippen LogP) is 3.27. The average Bonchev–Trinajstić information content (AvgIpc) is 2.66. The van der Waals surface area contributed by atoms with Crippen molar-refractivity contribution >= 4 is 15.8 Å². The van der Waals surface area contributed by atoms with E-state index in [2.05, 4.69) is 41.6 Å². The largest absolute Gasteiger partial charge is 0.492 e. The summed E-state index contributed by atoms with van der Waals surface area (Å²) in [6, 6.07) is 13.5. The van der Waals surface area contributed by atoms with Crippen LogP contribution in [0.2, 0.25) is 0 Å². The van der Waals surface area contributed by atoms with Crippen LogP contribution in [0, 0.1) is 6.92 Å². The second kappa shape index (κ2) is 10.3. The fraction of sp³-hybridized carbons (Fsp3) is 0.409. The summed E-state index contributed by atoms with van der Waals surface area (Å²) < 4.78 is 29.2. The van der Waals surface area contributed by atoms with Crippen molar-refractivity contribution in [2.45, 2.75) is 38.1 Å². The van der Waals surface area contributed by atoms with Gasteiger partial charge in [0.2, 0.25) is 0 Å². The molecular formula is C22H31N3O3S. The van der Waals surface area contributed by atoms with Crippen LogP contribution in [-0.2, 0) is 16.4 Å². The Labute approximate surface area is 174 Å². The molecule has 0 saturated carbocycles. The first-order valence-corrected chi connectivity index (χ1v) is 11.6. The maximum atomic E-state index is 11.7. The van der Waals surface area contributed by atoms with Gasteiger partial charge in [0.05, 0.1) is 11.4 Å². The normalized spacial score (nSPS) is 12.1. The Balaban J connectivity index is 1.79. The van der Waals surface area contributed by atoms with Crippen LogP contribution in [0.1, 0.15) is 36.5 Å². The maximum absolute atomic E-state index is 11.7. The monoisotopic (exact) mass is 417 g/mol. The smallest absolute Gasteiger partial charge is 0.191 e. The summed E-state index contributed by atoms with van der Waals surface area (Å²) in [4.78, 5) is 4.56. The zero-order valence-corrected chi connectivity index (χ0v) is 18.6. The van der Waals surface area contributed by atoms with Gasteiger partial charge < -0.3 is 15.4 Å². The Morgan fingerprint density at radius 3 is 2.34 bits per heavy atom. The summed E-state index contributed by atoms with van der Waals surface area (Å²) in [5.74, 6) is 2.01. The second-order valence-corrected chi connectivity index (χ2v) is 9.28. The molecule has 158 valence electrons. The van der Waals surface area contributed by atoms with Gasteiger partial charge in [-0.2, -0.15) is 0 Å². The van der Waals surface area contributed by atoms with Crippen molar-refractivity contribution in [3.63, 3.8) is 0 Å². The maximum Gasteiger partial charge on any atom is 0.191 e. The highest BCUT2D eigenvalue weighted by Gasteiger charge is 2.11. The van der Waals surface area contributed by atoms with E-state index in [1.165, 1.54) is 11.8 Å². The summed E-state index contributed by atoms with van der Waals surface area (Å²) in [6.45, 7) is 7.81. The van der Waals surface area contributed by atoms with Gasteiger partial charge in [-0.05, 0) is 47.7 Å². The molecule has 0 spiro atoms. The topological polar surface area (TPSA) is 79.8 Å². The van der Waals surface area contributed by atoms with Gasteiger partial charge in [0.25, 0.3) is 0 Å². The fourth-order valence-corrected chi connectivity index (χ4v) is 3.89. The van der Waals surface area contributed by atoms with Crippen molar-refractivity contribution < 1.29 is 13.2 Å². The average molecular weight is 418 g/mol. The molecule has 29 heavy (non-hydrogen) atoms. The first-order chi connectivity index (χ1) is 13.7. The van der Waals surface area contributed by atoms with Gasteiger partial charge in [0.15, 0.2) is 15.8 Å². The van der Waals surface area contributed by atoms with Crippen LogP contribution in [0.4, 0.5) is 0 Å². The van der Waals surface area contributed by atoms with Gasteiger partial charge in [-0.15, -0.1) is 0 Å². The number of ether oxygens (including phenoxy) is 1. The summed E-state index contributed by atoms with van der Waals surface area (Å²) >= 11 is 0. The molecule has 0 aliphatic carbocycles. The van der Waals surface area contributed by atoms with Gasteiger partial charge in [0.1, 0.15) is 12.4 Å². The summed E-state index contributed by atoms with van der Waals surface area (Å²) in [5.41, 5.74) is 3.02. The van der Waals surface area contributed by atoms with Crippen LogP contribution in [0.15, 0.2) is 52.4 Å². The van der Waals surface area contributed by atoms with Gasteiger partial charge in [-0.3, -0.25) is 4.99 Å². The summed E-state index contributed by atoms with van der Waals surface area (Å²) in [7, 11) is -1.49. The van der Waals surface area contributed by atoms with E-state index in [0.29, 0.717) is 36.5 Å². The van der Waals surface area contributed by atoms with Crippen molar-refractivity contribution in [1.29, 1.82) is 0 Å². The molecule has 2 aromatic rings. The number of sulfone groups is 1. The highest BCUT2D eigenvalue weighted by atomic mass is 32.2. The first-order valence-electron chi connectivity index (χ1n) is 9.67. The lowest BCUT2D eigenvalue weighted by Gasteiger charge is -2.14. The number of hydrogen-bond acceptors (Lipinski definition) is 4. The Kier molecular flexibility index (Phi) is 8.08. The third-order valence-electron chi connectivity index (χ3n) is 4.53. The van der Waals surface area contributed by atoms with Gasteiger partial charge in [-0.1, -0.05) is 38.1 Å². The lowest BCUT2D eigenvalue weighted by Crippen LogP contribution is -2.38. The van der Waals surface area contributed by atoms with E-state index in [0.717, 1.165) is 16.9 Å². The third kappa shape index (κ3) is 7.09. The number of nitrogens with one attached hydrogen (secondary N) is 2. The van der Waals surface area contributed by atoms with Crippen LogP contribution in [0.3, 0.4) is 0 Å². The number of guanidine groups is 1. The van der Waals surface area contributed by atoms with Crippen LogP contribution in [0.5, 0.6) is 5.75 Å². The van der Waals surface area contributed by atoms with Crippen LogP contribution < -0.4 is 15.4 Å². The molecule has 6 nitrogen and oxygen atoms in total. The number of hydrogen-bond donors (Lipinski definition) is 2. The molecule has 0 unspecified atom stereocenters. The zero-order valence-electron chi connectivity index (χ0n) is 17.8. The molecule has 0 fully saturated rings. The molecule has 0 saturated heterocycles. The predicted molar refractivity (Wildman–Crippen MR) is 119 cm³/mol. The highest BCUT2D eigenvalue weighted by molar-refractivity contribution is 7.90. The zero-order chi connectivity index (χ0) is 21.4. The molecule has 0 aliphatic rings. The second-order valence-electron chi connectivity index (χ2n) is 7.30. The van der Waals surface area contributed by atoms with Crippen molar-refractivity contribution in [2.24, 2.45) is 4.99 Å². The van der Waals surface area contributed by atoms with Gasteiger partial charge in [0, 0.05) is 19.8 Å². The Morgan fingerprint density at radius 2 is 1.79 bits per heavy atom. The molecule has 2 N–H and O–H groups in total. The number of aryl methyl sites for hydroxylation is 1. The molecule has 0 amide bonds. The van der Waals surface area contributed by atoms with Gasteiger partial charge >= 0.3 is 0 Å². The van der Waals surface area contributed by atoms with Crippen LogP contribution in [-0.4, -0.2) is 40.8 Å². The van der Waals surface area contributed by atoms with Crippen molar-refractivity contribution in [2.75, 3.05) is 26.5 Å². The van der Waals surface area contributed by atoms with Crippen LogP contribution in [0.25, 0.3) is 0 Å². The number of nitrogens with zero attached hydrogens (tertiary/aromatic N) is 1. The van der Waals surface area contributed by atoms with Crippen molar-refractivity contribution in [3.05, 3.63) is 59.2 Å². The Hall–Kier alpha value is -2.54. The van der Waals surface area contributed by atoms with Crippen molar-refractivity contribution in [3.8, 4) is 5.75 Å².